The fourth-order valence-corrected chi connectivity index (χ4v) is 3.09. The molecule has 3 aromatic rings. The maximum atomic E-state index is 14.0. The van der Waals surface area contributed by atoms with Crippen LogP contribution in [-0.4, -0.2) is 26.6 Å². The Labute approximate surface area is 156 Å². The zero-order chi connectivity index (χ0) is 18.8. The average molecular weight is 367 g/mol. The van der Waals surface area contributed by atoms with Gasteiger partial charge in [0.1, 0.15) is 11.6 Å². The second kappa shape index (κ2) is 7.31. The van der Waals surface area contributed by atoms with E-state index in [2.05, 4.69) is 5.10 Å². The number of para-hydroxylation sites is 1. The summed E-state index contributed by atoms with van der Waals surface area (Å²) < 4.78 is 28.8. The van der Waals surface area contributed by atoms with Crippen LogP contribution in [0.25, 0.3) is 5.69 Å². The monoisotopic (exact) mass is 367 g/mol. The standard InChI is InChI=1S/C21H19F2N3O/c22-17-7-6-16(20(23)11-17)14-25(18-8-9-18)21(27)10-15-12-24-26(13-15)19-4-2-1-3-5-19/h1-7,11-13,18H,8-10,14H2. The minimum atomic E-state index is -0.620. The number of hydrogen-bond donors (Lipinski definition) is 0. The van der Waals surface area contributed by atoms with Gasteiger partial charge in [-0.05, 0) is 36.6 Å². The van der Waals surface area contributed by atoms with Gasteiger partial charge in [0, 0.05) is 30.4 Å². The number of halogens is 2. The second-order valence-electron chi connectivity index (χ2n) is 6.79. The van der Waals surface area contributed by atoms with Crippen molar-refractivity contribution in [3.63, 3.8) is 0 Å². The highest BCUT2D eigenvalue weighted by molar-refractivity contribution is 5.79. The molecule has 0 unspecified atom stereocenters. The average Bonchev–Trinajstić information content (AvgIpc) is 3.40. The van der Waals surface area contributed by atoms with E-state index in [0.29, 0.717) is 5.56 Å². The summed E-state index contributed by atoms with van der Waals surface area (Å²) in [7, 11) is 0. The van der Waals surface area contributed by atoms with Gasteiger partial charge in [0.05, 0.1) is 18.3 Å². The van der Waals surface area contributed by atoms with Crippen LogP contribution < -0.4 is 0 Å². The van der Waals surface area contributed by atoms with Crippen LogP contribution in [0.5, 0.6) is 0 Å². The van der Waals surface area contributed by atoms with Gasteiger partial charge in [-0.2, -0.15) is 5.10 Å². The van der Waals surface area contributed by atoms with Crippen molar-refractivity contribution in [3.05, 3.63) is 83.7 Å². The van der Waals surface area contributed by atoms with Crippen molar-refractivity contribution in [2.24, 2.45) is 0 Å². The minimum Gasteiger partial charge on any atom is -0.335 e. The van der Waals surface area contributed by atoms with E-state index in [1.807, 2.05) is 36.5 Å². The van der Waals surface area contributed by atoms with Crippen LogP contribution in [0, 0.1) is 11.6 Å². The van der Waals surface area contributed by atoms with E-state index in [1.165, 1.54) is 12.1 Å². The predicted molar refractivity (Wildman–Crippen MR) is 97.2 cm³/mol. The van der Waals surface area contributed by atoms with E-state index in [1.54, 1.807) is 15.8 Å². The van der Waals surface area contributed by atoms with Gasteiger partial charge < -0.3 is 4.90 Å². The van der Waals surface area contributed by atoms with Gasteiger partial charge in [-0.25, -0.2) is 13.5 Å². The first kappa shape index (κ1) is 17.4. The summed E-state index contributed by atoms with van der Waals surface area (Å²) in [5.41, 5.74) is 2.05. The first-order valence-electron chi connectivity index (χ1n) is 8.92. The lowest BCUT2D eigenvalue weighted by Crippen LogP contribution is -2.34. The van der Waals surface area contributed by atoms with Gasteiger partial charge in [0.15, 0.2) is 0 Å². The number of aromatic nitrogens is 2. The molecule has 1 aliphatic rings. The first-order chi connectivity index (χ1) is 13.1. The third kappa shape index (κ3) is 4.05. The maximum Gasteiger partial charge on any atom is 0.227 e. The van der Waals surface area contributed by atoms with E-state index >= 15 is 0 Å². The Hall–Kier alpha value is -3.02. The number of carbonyl (C=O) groups is 1. The number of benzene rings is 2. The highest BCUT2D eigenvalue weighted by atomic mass is 19.1. The Bertz CT molecular complexity index is 951. The lowest BCUT2D eigenvalue weighted by molar-refractivity contribution is -0.131. The number of amides is 1. The van der Waals surface area contributed by atoms with Crippen LogP contribution >= 0.6 is 0 Å². The molecular weight excluding hydrogens is 348 g/mol. The van der Waals surface area contributed by atoms with Gasteiger partial charge in [-0.3, -0.25) is 4.79 Å². The summed E-state index contributed by atoms with van der Waals surface area (Å²) in [4.78, 5) is 14.5. The molecule has 4 rings (SSSR count). The summed E-state index contributed by atoms with van der Waals surface area (Å²) in [5.74, 6) is -1.31. The van der Waals surface area contributed by atoms with Gasteiger partial charge in [0.25, 0.3) is 0 Å². The van der Waals surface area contributed by atoms with Crippen molar-refractivity contribution >= 4 is 5.91 Å². The van der Waals surface area contributed by atoms with E-state index in [9.17, 15) is 13.6 Å². The van der Waals surface area contributed by atoms with E-state index in [0.717, 1.165) is 30.2 Å². The number of hydrogen-bond acceptors (Lipinski definition) is 2. The molecule has 4 nitrogen and oxygen atoms in total. The molecule has 6 heteroatoms. The quantitative estimate of drug-likeness (QED) is 0.663. The first-order valence-corrected chi connectivity index (χ1v) is 8.92. The molecular formula is C21H19F2N3O. The Morgan fingerprint density at radius 1 is 1.15 bits per heavy atom. The number of rotatable bonds is 6. The molecule has 1 saturated carbocycles. The maximum absolute atomic E-state index is 14.0. The molecule has 138 valence electrons. The van der Waals surface area contributed by atoms with Gasteiger partial charge in [0.2, 0.25) is 5.91 Å². The van der Waals surface area contributed by atoms with Gasteiger partial charge in [-0.1, -0.05) is 24.3 Å². The van der Waals surface area contributed by atoms with Gasteiger partial charge >= 0.3 is 0 Å². The lowest BCUT2D eigenvalue weighted by Gasteiger charge is -2.22. The minimum absolute atomic E-state index is 0.0752. The van der Waals surface area contributed by atoms with Crippen molar-refractivity contribution in [1.29, 1.82) is 0 Å². The molecule has 0 saturated heterocycles. The van der Waals surface area contributed by atoms with Crippen LogP contribution in [0.1, 0.15) is 24.0 Å². The zero-order valence-electron chi connectivity index (χ0n) is 14.7. The summed E-state index contributed by atoms with van der Waals surface area (Å²) in [6.45, 7) is 0.155. The van der Waals surface area contributed by atoms with Crippen molar-refractivity contribution in [2.45, 2.75) is 31.8 Å². The molecule has 0 aliphatic heterocycles. The lowest BCUT2D eigenvalue weighted by atomic mass is 10.1. The van der Waals surface area contributed by atoms with E-state index < -0.39 is 11.6 Å². The smallest absolute Gasteiger partial charge is 0.227 e. The summed E-state index contributed by atoms with van der Waals surface area (Å²) in [6, 6.07) is 13.3. The van der Waals surface area contributed by atoms with Crippen molar-refractivity contribution < 1.29 is 13.6 Å². The Balaban J connectivity index is 1.48. The molecule has 1 aliphatic carbocycles. The van der Waals surface area contributed by atoms with Crippen LogP contribution in [0.3, 0.4) is 0 Å². The Morgan fingerprint density at radius 3 is 2.63 bits per heavy atom. The van der Waals surface area contributed by atoms with Gasteiger partial charge in [-0.15, -0.1) is 0 Å². The van der Waals surface area contributed by atoms with Crippen molar-refractivity contribution in [1.82, 2.24) is 14.7 Å². The molecule has 2 aromatic carbocycles. The topological polar surface area (TPSA) is 38.1 Å². The van der Waals surface area contributed by atoms with E-state index in [4.69, 9.17) is 0 Å². The third-order valence-electron chi connectivity index (χ3n) is 4.68. The molecule has 0 N–H and O–H groups in total. The van der Waals surface area contributed by atoms with E-state index in [-0.39, 0.29) is 24.9 Å². The highest BCUT2D eigenvalue weighted by Gasteiger charge is 2.33. The predicted octanol–water partition coefficient (Wildman–Crippen LogP) is 3.88. The van der Waals surface area contributed by atoms with Crippen LogP contribution in [0.15, 0.2) is 60.9 Å². The Kier molecular flexibility index (Phi) is 4.71. The third-order valence-corrected chi connectivity index (χ3v) is 4.68. The van der Waals surface area contributed by atoms with Crippen molar-refractivity contribution in [3.8, 4) is 5.69 Å². The molecule has 1 heterocycles. The fourth-order valence-electron chi connectivity index (χ4n) is 3.09. The van der Waals surface area contributed by atoms with Crippen LogP contribution in [0.2, 0.25) is 0 Å². The summed E-state index contributed by atoms with van der Waals surface area (Å²) >= 11 is 0. The molecule has 1 aromatic heterocycles. The molecule has 1 amide bonds. The SMILES string of the molecule is O=C(Cc1cnn(-c2ccccc2)c1)N(Cc1ccc(F)cc1F)C1CC1. The largest absolute Gasteiger partial charge is 0.335 e. The Morgan fingerprint density at radius 2 is 1.93 bits per heavy atom. The molecule has 0 radical (unpaired) electrons. The van der Waals surface area contributed by atoms with Crippen molar-refractivity contribution in [2.75, 3.05) is 0 Å². The molecule has 1 fully saturated rings. The second-order valence-corrected chi connectivity index (χ2v) is 6.79. The molecule has 0 atom stereocenters. The molecule has 27 heavy (non-hydrogen) atoms. The molecule has 0 bridgehead atoms. The van der Waals surface area contributed by atoms with Crippen LogP contribution in [-0.2, 0) is 17.8 Å². The van der Waals surface area contributed by atoms with Crippen LogP contribution in [0.4, 0.5) is 8.78 Å². The number of nitrogens with zero attached hydrogens (tertiary/aromatic N) is 3. The zero-order valence-corrected chi connectivity index (χ0v) is 14.7. The normalized spacial score (nSPS) is 13.6. The highest BCUT2D eigenvalue weighted by Crippen LogP contribution is 2.29. The summed E-state index contributed by atoms with van der Waals surface area (Å²) in [5, 5.41) is 4.31. The fraction of sp³-hybridized carbons (Fsp3) is 0.238. The number of carbonyl (C=O) groups excluding carboxylic acids is 1. The molecule has 0 spiro atoms. The summed E-state index contributed by atoms with van der Waals surface area (Å²) in [6.07, 6.45) is 5.53.